The topological polar surface area (TPSA) is 57.5 Å². The van der Waals surface area contributed by atoms with Crippen LogP contribution in [-0.2, 0) is 4.57 Å². The highest BCUT2D eigenvalue weighted by Crippen LogP contribution is 2.34. The van der Waals surface area contributed by atoms with Crippen LogP contribution < -0.4 is 5.30 Å². The van der Waals surface area contributed by atoms with E-state index in [1.165, 1.54) is 0 Å². The van der Waals surface area contributed by atoms with E-state index in [1.54, 1.807) is 0 Å². The first-order valence-electron chi connectivity index (χ1n) is 2.93. The molecular weight excluding hydrogens is 189 g/mol. The lowest BCUT2D eigenvalue weighted by molar-refractivity contribution is 0.384. The molecule has 0 fully saturated rings. The minimum atomic E-state index is -4.70. The number of rotatable bonds is 1. The summed E-state index contributed by atoms with van der Waals surface area (Å²) in [6.07, 6.45) is 0. The first-order valence-corrected chi connectivity index (χ1v) is 4.54. The molecule has 0 saturated heterocycles. The molecule has 0 spiro atoms. The number of benzene rings is 1. The molecular formula is C6H5F2O3P. The molecule has 0 bridgehead atoms. The van der Waals surface area contributed by atoms with Crippen molar-refractivity contribution in [2.24, 2.45) is 0 Å². The highest BCUT2D eigenvalue weighted by molar-refractivity contribution is 7.60. The van der Waals surface area contributed by atoms with Gasteiger partial charge in [0.2, 0.25) is 0 Å². The van der Waals surface area contributed by atoms with Crippen LogP contribution in [0, 0.1) is 11.6 Å². The number of hydrogen-bond acceptors (Lipinski definition) is 1. The SMILES string of the molecule is O=P(O)(O)c1cccc(F)c1F. The van der Waals surface area contributed by atoms with Gasteiger partial charge in [0.15, 0.2) is 11.6 Å². The average molecular weight is 194 g/mol. The molecule has 0 atom stereocenters. The van der Waals surface area contributed by atoms with Crippen LogP contribution in [0.1, 0.15) is 0 Å². The van der Waals surface area contributed by atoms with E-state index in [4.69, 9.17) is 9.79 Å². The van der Waals surface area contributed by atoms with Gasteiger partial charge in [-0.25, -0.2) is 8.78 Å². The maximum Gasteiger partial charge on any atom is 0.359 e. The third-order valence-electron chi connectivity index (χ3n) is 1.25. The highest BCUT2D eigenvalue weighted by Gasteiger charge is 2.23. The summed E-state index contributed by atoms with van der Waals surface area (Å²) in [6.45, 7) is 0. The second-order valence-electron chi connectivity index (χ2n) is 2.12. The van der Waals surface area contributed by atoms with Crippen LogP contribution >= 0.6 is 7.60 Å². The zero-order valence-corrected chi connectivity index (χ0v) is 6.63. The molecule has 3 nitrogen and oxygen atoms in total. The lowest BCUT2D eigenvalue weighted by Crippen LogP contribution is -2.10. The standard InChI is InChI=1S/C6H5F2O3P/c7-4-2-1-3-5(6(4)8)12(9,10)11/h1-3H,(H2,9,10,11). The monoisotopic (exact) mass is 194 g/mol. The molecule has 1 aromatic rings. The lowest BCUT2D eigenvalue weighted by Gasteiger charge is -2.04. The molecule has 0 saturated carbocycles. The van der Waals surface area contributed by atoms with Crippen LogP contribution in [0.5, 0.6) is 0 Å². The largest absolute Gasteiger partial charge is 0.359 e. The van der Waals surface area contributed by atoms with E-state index in [-0.39, 0.29) is 0 Å². The Morgan fingerprint density at radius 1 is 1.25 bits per heavy atom. The zero-order valence-electron chi connectivity index (χ0n) is 5.74. The Kier molecular flexibility index (Phi) is 2.28. The van der Waals surface area contributed by atoms with Crippen molar-refractivity contribution in [1.29, 1.82) is 0 Å². The van der Waals surface area contributed by atoms with Crippen molar-refractivity contribution in [3.8, 4) is 0 Å². The van der Waals surface area contributed by atoms with E-state index in [0.29, 0.717) is 0 Å². The van der Waals surface area contributed by atoms with Gasteiger partial charge in [-0.3, -0.25) is 4.57 Å². The Bertz CT molecular complexity index is 347. The molecule has 0 unspecified atom stereocenters. The Hall–Kier alpha value is -0.770. The van der Waals surface area contributed by atoms with E-state index in [2.05, 4.69) is 0 Å². The maximum absolute atomic E-state index is 12.6. The summed E-state index contributed by atoms with van der Waals surface area (Å²) in [5, 5.41) is -0.914. The quantitative estimate of drug-likeness (QED) is 0.649. The van der Waals surface area contributed by atoms with Crippen LogP contribution in [0.3, 0.4) is 0 Å². The van der Waals surface area contributed by atoms with E-state index >= 15 is 0 Å². The minimum Gasteiger partial charge on any atom is -0.321 e. The van der Waals surface area contributed by atoms with Crippen molar-refractivity contribution >= 4 is 12.9 Å². The third kappa shape index (κ3) is 1.69. The summed E-state index contributed by atoms with van der Waals surface area (Å²) in [5.41, 5.74) is 0. The van der Waals surface area contributed by atoms with Crippen LogP contribution in [0.15, 0.2) is 18.2 Å². The van der Waals surface area contributed by atoms with E-state index in [9.17, 15) is 13.3 Å². The Labute approximate surface area is 66.8 Å². The Morgan fingerprint density at radius 3 is 2.25 bits per heavy atom. The van der Waals surface area contributed by atoms with Gasteiger partial charge in [0.05, 0.1) is 0 Å². The second-order valence-corrected chi connectivity index (χ2v) is 3.69. The molecule has 0 aliphatic carbocycles. The fourth-order valence-electron chi connectivity index (χ4n) is 0.717. The Morgan fingerprint density at radius 2 is 1.83 bits per heavy atom. The molecule has 2 N–H and O–H groups in total. The fraction of sp³-hybridized carbons (Fsp3) is 0. The van der Waals surface area contributed by atoms with Gasteiger partial charge in [-0.2, -0.15) is 0 Å². The molecule has 66 valence electrons. The molecule has 0 aliphatic heterocycles. The predicted octanol–water partition coefficient (Wildman–Crippen LogP) is 0.768. The molecule has 1 aromatic carbocycles. The third-order valence-corrected chi connectivity index (χ3v) is 2.22. The van der Waals surface area contributed by atoms with Crippen molar-refractivity contribution in [2.75, 3.05) is 0 Å². The van der Waals surface area contributed by atoms with Crippen LogP contribution in [0.2, 0.25) is 0 Å². The summed E-state index contributed by atoms with van der Waals surface area (Å²) >= 11 is 0. The molecule has 0 radical (unpaired) electrons. The normalized spacial score (nSPS) is 11.7. The summed E-state index contributed by atoms with van der Waals surface area (Å²) in [7, 11) is -4.70. The first-order chi connectivity index (χ1) is 5.43. The smallest absolute Gasteiger partial charge is 0.321 e. The summed E-state index contributed by atoms with van der Waals surface area (Å²) in [6, 6.07) is 2.67. The van der Waals surface area contributed by atoms with Gasteiger partial charge in [0.25, 0.3) is 0 Å². The van der Waals surface area contributed by atoms with E-state index in [0.717, 1.165) is 18.2 Å². The van der Waals surface area contributed by atoms with Gasteiger partial charge in [-0.1, -0.05) is 6.07 Å². The molecule has 6 heteroatoms. The average Bonchev–Trinajstić information content (AvgIpc) is 1.92. The van der Waals surface area contributed by atoms with Gasteiger partial charge >= 0.3 is 7.60 Å². The van der Waals surface area contributed by atoms with Crippen molar-refractivity contribution in [1.82, 2.24) is 0 Å². The molecule has 1 rings (SSSR count). The Balaban J connectivity index is 3.36. The predicted molar refractivity (Wildman–Crippen MR) is 38.0 cm³/mol. The van der Waals surface area contributed by atoms with Crippen LogP contribution in [-0.4, -0.2) is 9.79 Å². The first kappa shape index (κ1) is 9.32. The van der Waals surface area contributed by atoms with Gasteiger partial charge in [-0.05, 0) is 12.1 Å². The maximum atomic E-state index is 12.6. The molecule has 0 heterocycles. The van der Waals surface area contributed by atoms with Crippen LogP contribution in [0.25, 0.3) is 0 Å². The van der Waals surface area contributed by atoms with Crippen molar-refractivity contribution < 1.29 is 23.1 Å². The van der Waals surface area contributed by atoms with Crippen molar-refractivity contribution in [3.05, 3.63) is 29.8 Å². The summed E-state index contributed by atoms with van der Waals surface area (Å²) < 4.78 is 35.5. The van der Waals surface area contributed by atoms with Gasteiger partial charge in [0, 0.05) is 0 Å². The van der Waals surface area contributed by atoms with E-state index in [1.807, 2.05) is 0 Å². The van der Waals surface area contributed by atoms with Gasteiger partial charge < -0.3 is 9.79 Å². The summed E-state index contributed by atoms with van der Waals surface area (Å²) in [5.74, 6) is -2.76. The fourth-order valence-corrected chi connectivity index (χ4v) is 1.36. The van der Waals surface area contributed by atoms with Gasteiger partial charge in [0.1, 0.15) is 5.30 Å². The number of halogens is 2. The molecule has 12 heavy (non-hydrogen) atoms. The number of hydrogen-bond donors (Lipinski definition) is 2. The summed E-state index contributed by atoms with van der Waals surface area (Å²) in [4.78, 5) is 17.0. The van der Waals surface area contributed by atoms with Crippen molar-refractivity contribution in [2.45, 2.75) is 0 Å². The van der Waals surface area contributed by atoms with Crippen molar-refractivity contribution in [3.63, 3.8) is 0 Å². The highest BCUT2D eigenvalue weighted by atomic mass is 31.2. The minimum absolute atomic E-state index is 0.786. The molecule has 0 aromatic heterocycles. The zero-order chi connectivity index (χ0) is 9.35. The van der Waals surface area contributed by atoms with Gasteiger partial charge in [-0.15, -0.1) is 0 Å². The molecule has 0 aliphatic rings. The van der Waals surface area contributed by atoms with Crippen LogP contribution in [0.4, 0.5) is 8.78 Å². The second kappa shape index (κ2) is 2.94. The molecule has 0 amide bonds. The van der Waals surface area contributed by atoms with E-state index < -0.39 is 24.5 Å². The lowest BCUT2D eigenvalue weighted by atomic mass is 10.3.